The highest BCUT2D eigenvalue weighted by Crippen LogP contribution is 2.15. The highest BCUT2D eigenvalue weighted by molar-refractivity contribution is 5.92. The SMILES string of the molecule is CCCN(CC1CCNCC1)C(=O)c1ccccn1. The van der Waals surface area contributed by atoms with Crippen molar-refractivity contribution in [2.45, 2.75) is 26.2 Å². The first-order chi connectivity index (χ1) is 9.31. The highest BCUT2D eigenvalue weighted by atomic mass is 16.2. The predicted molar refractivity (Wildman–Crippen MR) is 76.0 cm³/mol. The van der Waals surface area contributed by atoms with Gasteiger partial charge in [-0.25, -0.2) is 0 Å². The Kier molecular flexibility index (Phi) is 5.33. The van der Waals surface area contributed by atoms with Gasteiger partial charge in [0.1, 0.15) is 5.69 Å². The van der Waals surface area contributed by atoms with E-state index in [1.165, 1.54) is 0 Å². The Balaban J connectivity index is 2.00. The van der Waals surface area contributed by atoms with Gasteiger partial charge in [0.15, 0.2) is 0 Å². The predicted octanol–water partition coefficient (Wildman–Crippen LogP) is 1.93. The first-order valence-corrected chi connectivity index (χ1v) is 7.22. The molecule has 1 aliphatic rings. The van der Waals surface area contributed by atoms with Crippen molar-refractivity contribution < 1.29 is 4.79 Å². The molecule has 104 valence electrons. The number of piperidine rings is 1. The van der Waals surface area contributed by atoms with E-state index in [-0.39, 0.29) is 5.91 Å². The van der Waals surface area contributed by atoms with Gasteiger partial charge in [0.25, 0.3) is 5.91 Å². The van der Waals surface area contributed by atoms with E-state index in [0.717, 1.165) is 45.4 Å². The Morgan fingerprint density at radius 2 is 2.21 bits per heavy atom. The van der Waals surface area contributed by atoms with Crippen LogP contribution in [0.1, 0.15) is 36.7 Å². The van der Waals surface area contributed by atoms with E-state index in [4.69, 9.17) is 0 Å². The molecule has 0 atom stereocenters. The van der Waals surface area contributed by atoms with E-state index in [1.54, 1.807) is 12.3 Å². The Labute approximate surface area is 115 Å². The average Bonchev–Trinajstić information content (AvgIpc) is 2.48. The second kappa shape index (κ2) is 7.24. The minimum absolute atomic E-state index is 0.0704. The molecule has 0 spiro atoms. The van der Waals surface area contributed by atoms with E-state index in [0.29, 0.717) is 11.6 Å². The molecule has 2 rings (SSSR count). The molecule has 0 bridgehead atoms. The van der Waals surface area contributed by atoms with Crippen LogP contribution in [0.15, 0.2) is 24.4 Å². The van der Waals surface area contributed by atoms with Crippen LogP contribution in [0.5, 0.6) is 0 Å². The molecule has 1 fully saturated rings. The lowest BCUT2D eigenvalue weighted by molar-refractivity contribution is 0.0710. The van der Waals surface area contributed by atoms with Crippen LogP contribution in [0, 0.1) is 5.92 Å². The fraction of sp³-hybridized carbons (Fsp3) is 0.600. The first kappa shape index (κ1) is 14.0. The van der Waals surface area contributed by atoms with Gasteiger partial charge in [0, 0.05) is 19.3 Å². The number of carbonyl (C=O) groups is 1. The lowest BCUT2D eigenvalue weighted by Crippen LogP contribution is -2.40. The number of hydrogen-bond donors (Lipinski definition) is 1. The number of hydrogen-bond acceptors (Lipinski definition) is 3. The van der Waals surface area contributed by atoms with Gasteiger partial charge in [0.2, 0.25) is 0 Å². The lowest BCUT2D eigenvalue weighted by atomic mass is 9.97. The van der Waals surface area contributed by atoms with Crippen LogP contribution in [0.3, 0.4) is 0 Å². The maximum absolute atomic E-state index is 12.5. The first-order valence-electron chi connectivity index (χ1n) is 7.22. The van der Waals surface area contributed by atoms with E-state index in [9.17, 15) is 4.79 Å². The smallest absolute Gasteiger partial charge is 0.272 e. The summed E-state index contributed by atoms with van der Waals surface area (Å²) in [6.45, 7) is 5.94. The van der Waals surface area contributed by atoms with Crippen LogP contribution in [0.4, 0.5) is 0 Å². The van der Waals surface area contributed by atoms with Crippen molar-refractivity contribution in [3.8, 4) is 0 Å². The third-order valence-electron chi connectivity index (χ3n) is 3.60. The van der Waals surface area contributed by atoms with E-state index in [1.807, 2.05) is 17.0 Å². The summed E-state index contributed by atoms with van der Waals surface area (Å²) in [4.78, 5) is 18.6. The van der Waals surface area contributed by atoms with Crippen molar-refractivity contribution in [3.05, 3.63) is 30.1 Å². The van der Waals surface area contributed by atoms with Gasteiger partial charge < -0.3 is 10.2 Å². The molecule has 0 aliphatic carbocycles. The molecular weight excluding hydrogens is 238 g/mol. The maximum Gasteiger partial charge on any atom is 0.272 e. The summed E-state index contributed by atoms with van der Waals surface area (Å²) < 4.78 is 0. The largest absolute Gasteiger partial charge is 0.337 e. The number of nitrogens with one attached hydrogen (secondary N) is 1. The molecule has 1 N–H and O–H groups in total. The zero-order valence-electron chi connectivity index (χ0n) is 11.6. The number of rotatable bonds is 5. The topological polar surface area (TPSA) is 45.2 Å². The van der Waals surface area contributed by atoms with Crippen molar-refractivity contribution >= 4 is 5.91 Å². The summed E-state index contributed by atoms with van der Waals surface area (Å²) in [7, 11) is 0. The van der Waals surface area contributed by atoms with Gasteiger partial charge in [0.05, 0.1) is 0 Å². The molecule has 2 heterocycles. The zero-order valence-corrected chi connectivity index (χ0v) is 11.6. The van der Waals surface area contributed by atoms with Crippen molar-refractivity contribution in [2.24, 2.45) is 5.92 Å². The third-order valence-corrected chi connectivity index (χ3v) is 3.60. The van der Waals surface area contributed by atoms with Crippen LogP contribution < -0.4 is 5.32 Å². The molecule has 1 amide bonds. The Hall–Kier alpha value is -1.42. The molecule has 19 heavy (non-hydrogen) atoms. The molecule has 0 saturated carbocycles. The van der Waals surface area contributed by atoms with E-state index in [2.05, 4.69) is 17.2 Å². The van der Waals surface area contributed by atoms with Crippen molar-refractivity contribution in [2.75, 3.05) is 26.2 Å². The van der Waals surface area contributed by atoms with Gasteiger partial charge >= 0.3 is 0 Å². The monoisotopic (exact) mass is 261 g/mol. The standard InChI is InChI=1S/C15H23N3O/c1-2-11-18(12-13-6-9-16-10-7-13)15(19)14-5-3-4-8-17-14/h3-5,8,13,16H,2,6-7,9-12H2,1H3. The minimum atomic E-state index is 0.0704. The average molecular weight is 261 g/mol. The molecule has 4 heteroatoms. The van der Waals surface area contributed by atoms with Crippen molar-refractivity contribution in [1.82, 2.24) is 15.2 Å². The minimum Gasteiger partial charge on any atom is -0.337 e. The molecule has 0 aromatic carbocycles. The lowest BCUT2D eigenvalue weighted by Gasteiger charge is -2.29. The Morgan fingerprint density at radius 3 is 2.84 bits per heavy atom. The quantitative estimate of drug-likeness (QED) is 0.881. The Morgan fingerprint density at radius 1 is 1.42 bits per heavy atom. The molecule has 1 aromatic heterocycles. The van der Waals surface area contributed by atoms with Gasteiger partial charge in [-0.15, -0.1) is 0 Å². The van der Waals surface area contributed by atoms with Crippen LogP contribution in [0.25, 0.3) is 0 Å². The third kappa shape index (κ3) is 4.03. The van der Waals surface area contributed by atoms with Crippen LogP contribution in [0.2, 0.25) is 0 Å². The summed E-state index contributed by atoms with van der Waals surface area (Å²) in [5, 5.41) is 3.37. The molecule has 0 radical (unpaired) electrons. The molecule has 1 aromatic rings. The zero-order chi connectivity index (χ0) is 13.5. The van der Waals surface area contributed by atoms with Crippen LogP contribution in [-0.2, 0) is 0 Å². The van der Waals surface area contributed by atoms with Crippen LogP contribution >= 0.6 is 0 Å². The van der Waals surface area contributed by atoms with E-state index >= 15 is 0 Å². The summed E-state index contributed by atoms with van der Waals surface area (Å²) in [5.41, 5.74) is 0.560. The fourth-order valence-electron chi connectivity index (χ4n) is 2.57. The number of aromatic nitrogens is 1. The van der Waals surface area contributed by atoms with Gasteiger partial charge in [-0.3, -0.25) is 9.78 Å². The molecule has 4 nitrogen and oxygen atoms in total. The van der Waals surface area contributed by atoms with Gasteiger partial charge in [-0.2, -0.15) is 0 Å². The Bertz CT molecular complexity index is 388. The maximum atomic E-state index is 12.5. The molecular formula is C15H23N3O. The number of carbonyl (C=O) groups excluding carboxylic acids is 1. The van der Waals surface area contributed by atoms with Crippen molar-refractivity contribution in [1.29, 1.82) is 0 Å². The van der Waals surface area contributed by atoms with Crippen LogP contribution in [-0.4, -0.2) is 42.0 Å². The summed E-state index contributed by atoms with van der Waals surface area (Å²) >= 11 is 0. The number of amides is 1. The highest BCUT2D eigenvalue weighted by Gasteiger charge is 2.21. The second-order valence-electron chi connectivity index (χ2n) is 5.16. The summed E-state index contributed by atoms with van der Waals surface area (Å²) in [6, 6.07) is 5.51. The summed E-state index contributed by atoms with van der Waals surface area (Å²) in [6.07, 6.45) is 5.00. The fourth-order valence-corrected chi connectivity index (χ4v) is 2.57. The van der Waals surface area contributed by atoms with Gasteiger partial charge in [-0.05, 0) is 50.4 Å². The van der Waals surface area contributed by atoms with E-state index < -0.39 is 0 Å². The normalized spacial score (nSPS) is 16.3. The molecule has 1 aliphatic heterocycles. The number of pyridine rings is 1. The van der Waals surface area contributed by atoms with Crippen molar-refractivity contribution in [3.63, 3.8) is 0 Å². The molecule has 0 unspecified atom stereocenters. The second-order valence-corrected chi connectivity index (χ2v) is 5.16. The molecule has 1 saturated heterocycles. The van der Waals surface area contributed by atoms with Gasteiger partial charge in [-0.1, -0.05) is 13.0 Å². The number of nitrogens with zero attached hydrogens (tertiary/aromatic N) is 2. The summed E-state index contributed by atoms with van der Waals surface area (Å²) in [5.74, 6) is 0.696.